The van der Waals surface area contributed by atoms with Gasteiger partial charge in [0.2, 0.25) is 5.91 Å². The van der Waals surface area contributed by atoms with E-state index in [1.54, 1.807) is 25.1 Å². The highest BCUT2D eigenvalue weighted by molar-refractivity contribution is 6.44. The summed E-state index contributed by atoms with van der Waals surface area (Å²) in [5.41, 5.74) is 4.90. The van der Waals surface area contributed by atoms with E-state index in [0.29, 0.717) is 11.3 Å². The molecule has 8 nitrogen and oxygen atoms in total. The van der Waals surface area contributed by atoms with Crippen molar-refractivity contribution in [1.82, 2.24) is 10.9 Å². The van der Waals surface area contributed by atoms with E-state index in [1.165, 1.54) is 13.3 Å². The fourth-order valence-corrected chi connectivity index (χ4v) is 1.71. The molecule has 1 aromatic rings. The molecule has 0 fully saturated rings. The second-order valence-corrected chi connectivity index (χ2v) is 4.29. The van der Waals surface area contributed by atoms with Gasteiger partial charge in [0.25, 0.3) is 5.91 Å². The Hall–Kier alpha value is -2.90. The second-order valence-electron chi connectivity index (χ2n) is 4.29. The van der Waals surface area contributed by atoms with Crippen LogP contribution in [0.1, 0.15) is 12.5 Å². The number of rotatable bonds is 4. The zero-order chi connectivity index (χ0) is 15.4. The smallest absolute Gasteiger partial charge is 0.288 e. The number of benzene rings is 1. The maximum Gasteiger partial charge on any atom is 0.288 e. The van der Waals surface area contributed by atoms with Gasteiger partial charge in [-0.1, -0.05) is 6.07 Å². The number of phenols is 1. The monoisotopic (exact) mass is 290 g/mol. The van der Waals surface area contributed by atoms with E-state index in [-0.39, 0.29) is 17.4 Å². The van der Waals surface area contributed by atoms with Crippen molar-refractivity contribution in [2.75, 3.05) is 7.11 Å². The van der Waals surface area contributed by atoms with Gasteiger partial charge in [-0.25, -0.2) is 10.9 Å². The molecule has 1 atom stereocenters. The number of hydrogen-bond acceptors (Lipinski definition) is 6. The predicted octanol–water partition coefficient (Wildman–Crippen LogP) is -0.0272. The molecule has 2 rings (SSSR count). The molecule has 0 aliphatic carbocycles. The van der Waals surface area contributed by atoms with Gasteiger partial charge in [0, 0.05) is 5.56 Å². The number of para-hydroxylation sites is 1. The van der Waals surface area contributed by atoms with E-state index in [4.69, 9.17) is 4.74 Å². The molecule has 8 heteroatoms. The summed E-state index contributed by atoms with van der Waals surface area (Å²) in [5, 5.41) is 17.2. The lowest BCUT2D eigenvalue weighted by atomic mass is 10.1. The fraction of sp³-hybridized carbons (Fsp3) is 0.231. The zero-order valence-corrected chi connectivity index (χ0v) is 11.5. The molecule has 0 saturated heterocycles. The molecule has 1 heterocycles. The Morgan fingerprint density at radius 2 is 2.33 bits per heavy atom. The number of hydrogen-bond donors (Lipinski definition) is 3. The van der Waals surface area contributed by atoms with Crippen molar-refractivity contribution in [2.24, 2.45) is 16.1 Å². The normalized spacial score (nSPS) is 17.5. The molecule has 0 saturated carbocycles. The number of aromatic hydroxyl groups is 1. The highest BCUT2D eigenvalue weighted by Crippen LogP contribution is 2.27. The second kappa shape index (κ2) is 6.04. The van der Waals surface area contributed by atoms with Crippen LogP contribution >= 0.6 is 0 Å². The standard InChI is InChI=1S/C13H14N4O4/c1-7-10(15-17-12(7)19)13(20)16-14-6-8-4-3-5-9(21-2)11(8)18/h3-7,18H,1-2H3,(H,16,20)(H,17,19)/b14-6-/t7-/m0/s1. The molecule has 0 unspecified atom stereocenters. The van der Waals surface area contributed by atoms with Crippen LogP contribution in [0.15, 0.2) is 28.4 Å². The van der Waals surface area contributed by atoms with E-state index in [0.717, 1.165) is 0 Å². The molecular formula is C13H14N4O4. The molecular weight excluding hydrogens is 276 g/mol. The molecule has 0 radical (unpaired) electrons. The van der Waals surface area contributed by atoms with Gasteiger partial charge < -0.3 is 9.84 Å². The van der Waals surface area contributed by atoms with Crippen molar-refractivity contribution in [2.45, 2.75) is 6.92 Å². The maximum atomic E-state index is 11.8. The molecule has 0 bridgehead atoms. The number of nitrogens with zero attached hydrogens (tertiary/aromatic N) is 2. The van der Waals surface area contributed by atoms with Crippen molar-refractivity contribution in [1.29, 1.82) is 0 Å². The van der Waals surface area contributed by atoms with E-state index >= 15 is 0 Å². The Labute approximate surface area is 120 Å². The van der Waals surface area contributed by atoms with Crippen molar-refractivity contribution in [3.63, 3.8) is 0 Å². The first-order chi connectivity index (χ1) is 10.0. The maximum absolute atomic E-state index is 11.8. The van der Waals surface area contributed by atoms with Crippen LogP contribution in [0.25, 0.3) is 0 Å². The van der Waals surface area contributed by atoms with Gasteiger partial charge in [-0.05, 0) is 19.1 Å². The van der Waals surface area contributed by atoms with Crippen LogP contribution in [-0.4, -0.2) is 36.0 Å². The number of phenolic OH excluding ortho intramolecular Hbond substituents is 1. The van der Waals surface area contributed by atoms with Crippen LogP contribution in [0, 0.1) is 5.92 Å². The number of nitrogens with one attached hydrogen (secondary N) is 2. The lowest BCUT2D eigenvalue weighted by Gasteiger charge is -2.05. The molecule has 1 aliphatic rings. The van der Waals surface area contributed by atoms with Crippen LogP contribution in [0.4, 0.5) is 0 Å². The third-order valence-corrected chi connectivity index (χ3v) is 2.94. The van der Waals surface area contributed by atoms with Gasteiger partial charge in [0.05, 0.1) is 19.2 Å². The summed E-state index contributed by atoms with van der Waals surface area (Å²) in [5.74, 6) is -1.32. The van der Waals surface area contributed by atoms with Gasteiger partial charge in [0.15, 0.2) is 11.5 Å². The molecule has 1 aromatic carbocycles. The Morgan fingerprint density at radius 3 is 2.95 bits per heavy atom. The van der Waals surface area contributed by atoms with Crippen LogP contribution in [0.5, 0.6) is 11.5 Å². The van der Waals surface area contributed by atoms with E-state index < -0.39 is 11.8 Å². The summed E-state index contributed by atoms with van der Waals surface area (Å²) in [4.78, 5) is 23.0. The van der Waals surface area contributed by atoms with E-state index in [2.05, 4.69) is 21.1 Å². The highest BCUT2D eigenvalue weighted by Gasteiger charge is 2.30. The molecule has 110 valence electrons. The molecule has 21 heavy (non-hydrogen) atoms. The lowest BCUT2D eigenvalue weighted by molar-refractivity contribution is -0.122. The lowest BCUT2D eigenvalue weighted by Crippen LogP contribution is -2.32. The van der Waals surface area contributed by atoms with E-state index in [9.17, 15) is 14.7 Å². The van der Waals surface area contributed by atoms with Gasteiger partial charge >= 0.3 is 0 Å². The summed E-state index contributed by atoms with van der Waals surface area (Å²) in [6.07, 6.45) is 1.27. The first-order valence-corrected chi connectivity index (χ1v) is 6.11. The minimum atomic E-state index is -0.620. The molecule has 2 amide bonds. The zero-order valence-electron chi connectivity index (χ0n) is 11.5. The Morgan fingerprint density at radius 1 is 1.57 bits per heavy atom. The van der Waals surface area contributed by atoms with Gasteiger partial charge in [-0.3, -0.25) is 9.59 Å². The quantitative estimate of drug-likeness (QED) is 0.534. The van der Waals surface area contributed by atoms with E-state index in [1.807, 2.05) is 0 Å². The largest absolute Gasteiger partial charge is 0.504 e. The Bertz CT molecular complexity index is 639. The van der Waals surface area contributed by atoms with Crippen molar-refractivity contribution >= 4 is 23.7 Å². The van der Waals surface area contributed by atoms with Crippen LogP contribution in [-0.2, 0) is 9.59 Å². The molecule has 3 N–H and O–H groups in total. The summed E-state index contributed by atoms with van der Waals surface area (Å²) < 4.78 is 4.96. The third-order valence-electron chi connectivity index (χ3n) is 2.94. The van der Waals surface area contributed by atoms with Gasteiger partial charge in [-0.15, -0.1) is 0 Å². The molecule has 0 aromatic heterocycles. The average molecular weight is 290 g/mol. The average Bonchev–Trinajstić information content (AvgIpc) is 2.81. The summed E-state index contributed by atoms with van der Waals surface area (Å²) >= 11 is 0. The summed E-state index contributed by atoms with van der Waals surface area (Å²) in [6.45, 7) is 1.57. The third kappa shape index (κ3) is 2.99. The summed E-state index contributed by atoms with van der Waals surface area (Å²) in [6, 6.07) is 4.87. The van der Waals surface area contributed by atoms with Crippen molar-refractivity contribution < 1.29 is 19.4 Å². The Balaban J connectivity index is 2.03. The topological polar surface area (TPSA) is 112 Å². The minimum Gasteiger partial charge on any atom is -0.504 e. The van der Waals surface area contributed by atoms with Crippen molar-refractivity contribution in [3.8, 4) is 11.5 Å². The first kappa shape index (κ1) is 14.5. The number of carbonyl (C=O) groups is 2. The predicted molar refractivity (Wildman–Crippen MR) is 75.1 cm³/mol. The minimum absolute atomic E-state index is 0.0621. The van der Waals surface area contributed by atoms with Gasteiger partial charge in [-0.2, -0.15) is 10.2 Å². The number of ether oxygens (including phenoxy) is 1. The number of hydrazone groups is 2. The van der Waals surface area contributed by atoms with Crippen LogP contribution < -0.4 is 15.6 Å². The molecule has 1 aliphatic heterocycles. The van der Waals surface area contributed by atoms with Crippen LogP contribution in [0.2, 0.25) is 0 Å². The van der Waals surface area contributed by atoms with Gasteiger partial charge in [0.1, 0.15) is 5.71 Å². The van der Waals surface area contributed by atoms with Crippen LogP contribution in [0.3, 0.4) is 0 Å². The highest BCUT2D eigenvalue weighted by atomic mass is 16.5. The SMILES string of the molecule is COc1cccc(/C=N\NC(=O)C2=NNC(=O)[C@H]2C)c1O. The number of amides is 2. The fourth-order valence-electron chi connectivity index (χ4n) is 1.71. The summed E-state index contributed by atoms with van der Waals surface area (Å²) in [7, 11) is 1.43. The number of methoxy groups -OCH3 is 1. The Kier molecular flexibility index (Phi) is 4.17. The number of carbonyl (C=O) groups excluding carboxylic acids is 2. The first-order valence-electron chi connectivity index (χ1n) is 6.11. The van der Waals surface area contributed by atoms with Crippen molar-refractivity contribution in [3.05, 3.63) is 23.8 Å². The molecule has 0 spiro atoms.